The van der Waals surface area contributed by atoms with Crippen molar-refractivity contribution in [3.8, 4) is 0 Å². The molecule has 0 amide bonds. The number of Topliss-reactive ketones (excluding diaryl/α,β-unsaturated/α-hetero) is 1. The van der Waals surface area contributed by atoms with E-state index in [-0.39, 0.29) is 0 Å². The summed E-state index contributed by atoms with van der Waals surface area (Å²) in [5, 5.41) is 0. The monoisotopic (exact) mass is 186 g/mol. The van der Waals surface area contributed by atoms with E-state index in [4.69, 9.17) is 0 Å². The Hall–Kier alpha value is 0.0200. The van der Waals surface area contributed by atoms with Crippen molar-refractivity contribution in [2.75, 3.05) is 12.0 Å². The van der Waals surface area contributed by atoms with E-state index < -0.39 is 0 Å². The van der Waals surface area contributed by atoms with E-state index in [0.717, 1.165) is 31.4 Å². The second-order valence-corrected chi connectivity index (χ2v) is 4.53. The van der Waals surface area contributed by atoms with Crippen LogP contribution >= 0.6 is 11.8 Å². The number of thioether (sulfide) groups is 1. The summed E-state index contributed by atoms with van der Waals surface area (Å²) < 4.78 is 0. The first-order valence-electron chi connectivity index (χ1n) is 4.86. The van der Waals surface area contributed by atoms with Crippen LogP contribution in [0.5, 0.6) is 0 Å². The molecule has 1 aliphatic carbocycles. The molecule has 1 atom stereocenters. The molecule has 0 radical (unpaired) electrons. The van der Waals surface area contributed by atoms with Gasteiger partial charge in [0.25, 0.3) is 0 Å². The van der Waals surface area contributed by atoms with Crippen molar-refractivity contribution in [3.05, 3.63) is 0 Å². The van der Waals surface area contributed by atoms with Crippen LogP contribution in [0.4, 0.5) is 0 Å². The van der Waals surface area contributed by atoms with E-state index in [1.54, 1.807) is 0 Å². The van der Waals surface area contributed by atoms with Crippen LogP contribution in [0.15, 0.2) is 0 Å². The first-order valence-corrected chi connectivity index (χ1v) is 6.25. The number of hydrogen-bond acceptors (Lipinski definition) is 2. The summed E-state index contributed by atoms with van der Waals surface area (Å²) in [6.45, 7) is 0. The number of hydrogen-bond donors (Lipinski definition) is 0. The van der Waals surface area contributed by atoms with Crippen LogP contribution in [-0.4, -0.2) is 17.8 Å². The lowest BCUT2D eigenvalue weighted by molar-refractivity contribution is -0.122. The number of rotatable bonds is 3. The van der Waals surface area contributed by atoms with Crippen molar-refractivity contribution in [2.24, 2.45) is 5.92 Å². The molecule has 0 aliphatic heterocycles. The van der Waals surface area contributed by atoms with Crippen LogP contribution in [0.1, 0.15) is 38.5 Å². The molecule has 0 aromatic carbocycles. The molecular weight excluding hydrogens is 168 g/mol. The molecule has 0 saturated heterocycles. The SMILES string of the molecule is CSCCC1CCCCCC1=O. The van der Waals surface area contributed by atoms with Gasteiger partial charge >= 0.3 is 0 Å². The van der Waals surface area contributed by atoms with Crippen molar-refractivity contribution in [2.45, 2.75) is 38.5 Å². The number of carbonyl (C=O) groups is 1. The zero-order valence-electron chi connectivity index (χ0n) is 7.84. The lowest BCUT2D eigenvalue weighted by Gasteiger charge is -2.10. The third-order valence-electron chi connectivity index (χ3n) is 2.60. The zero-order chi connectivity index (χ0) is 8.81. The Bertz CT molecular complexity index is 145. The van der Waals surface area contributed by atoms with Gasteiger partial charge in [-0.05, 0) is 31.3 Å². The maximum absolute atomic E-state index is 11.5. The second kappa shape index (κ2) is 5.63. The Morgan fingerprint density at radius 2 is 2.25 bits per heavy atom. The lowest BCUT2D eigenvalue weighted by Crippen LogP contribution is -2.13. The van der Waals surface area contributed by atoms with Crippen molar-refractivity contribution in [1.82, 2.24) is 0 Å². The molecule has 1 saturated carbocycles. The van der Waals surface area contributed by atoms with Crippen LogP contribution in [0.2, 0.25) is 0 Å². The minimum absolute atomic E-state index is 0.403. The third-order valence-corrected chi connectivity index (χ3v) is 3.25. The fourth-order valence-electron chi connectivity index (χ4n) is 1.80. The zero-order valence-corrected chi connectivity index (χ0v) is 8.66. The summed E-state index contributed by atoms with van der Waals surface area (Å²) in [5.41, 5.74) is 0. The standard InChI is InChI=1S/C10H18OS/c1-12-8-7-9-5-3-2-4-6-10(9)11/h9H,2-8H2,1H3. The Balaban J connectivity index is 2.31. The largest absolute Gasteiger partial charge is 0.299 e. The smallest absolute Gasteiger partial charge is 0.136 e. The molecule has 1 rings (SSSR count). The van der Waals surface area contributed by atoms with Gasteiger partial charge in [-0.3, -0.25) is 4.79 Å². The second-order valence-electron chi connectivity index (χ2n) is 3.54. The van der Waals surface area contributed by atoms with Crippen molar-refractivity contribution in [3.63, 3.8) is 0 Å². The predicted molar refractivity (Wildman–Crippen MR) is 54.6 cm³/mol. The molecule has 12 heavy (non-hydrogen) atoms. The van der Waals surface area contributed by atoms with Crippen LogP contribution < -0.4 is 0 Å². The lowest BCUT2D eigenvalue weighted by atomic mass is 9.96. The van der Waals surface area contributed by atoms with Gasteiger partial charge in [0.1, 0.15) is 5.78 Å². The Morgan fingerprint density at radius 3 is 3.00 bits per heavy atom. The highest BCUT2D eigenvalue weighted by molar-refractivity contribution is 7.98. The maximum atomic E-state index is 11.5. The molecule has 0 N–H and O–H groups in total. The minimum Gasteiger partial charge on any atom is -0.299 e. The van der Waals surface area contributed by atoms with Crippen LogP contribution in [-0.2, 0) is 4.79 Å². The van der Waals surface area contributed by atoms with Crippen molar-refractivity contribution < 1.29 is 4.79 Å². The highest BCUT2D eigenvalue weighted by atomic mass is 32.2. The Morgan fingerprint density at radius 1 is 1.42 bits per heavy atom. The van der Waals surface area contributed by atoms with Gasteiger partial charge < -0.3 is 0 Å². The fraction of sp³-hybridized carbons (Fsp3) is 0.900. The van der Waals surface area contributed by atoms with Gasteiger partial charge in [-0.1, -0.05) is 12.8 Å². The van der Waals surface area contributed by atoms with E-state index in [2.05, 4.69) is 6.26 Å². The van der Waals surface area contributed by atoms with Gasteiger partial charge in [-0.2, -0.15) is 11.8 Å². The van der Waals surface area contributed by atoms with Crippen LogP contribution in [0.25, 0.3) is 0 Å². The van der Waals surface area contributed by atoms with Crippen LogP contribution in [0, 0.1) is 5.92 Å². The highest BCUT2D eigenvalue weighted by Gasteiger charge is 2.19. The molecule has 0 aromatic rings. The van der Waals surface area contributed by atoms with Gasteiger partial charge in [0.2, 0.25) is 0 Å². The molecule has 1 aliphatic rings. The maximum Gasteiger partial charge on any atom is 0.136 e. The summed E-state index contributed by atoms with van der Waals surface area (Å²) in [6.07, 6.45) is 8.89. The molecule has 1 nitrogen and oxygen atoms in total. The first kappa shape index (κ1) is 10.1. The molecule has 0 heterocycles. The normalized spacial score (nSPS) is 25.4. The molecule has 2 heteroatoms. The van der Waals surface area contributed by atoms with Gasteiger partial charge in [0.15, 0.2) is 0 Å². The molecule has 0 aromatic heterocycles. The van der Waals surface area contributed by atoms with E-state index >= 15 is 0 Å². The summed E-state index contributed by atoms with van der Waals surface area (Å²) >= 11 is 1.85. The molecular formula is C10H18OS. The summed E-state index contributed by atoms with van der Waals surface area (Å²) in [7, 11) is 0. The summed E-state index contributed by atoms with van der Waals surface area (Å²) in [5.74, 6) is 2.08. The van der Waals surface area contributed by atoms with Crippen molar-refractivity contribution in [1.29, 1.82) is 0 Å². The van der Waals surface area contributed by atoms with E-state index in [0.29, 0.717) is 11.7 Å². The average Bonchev–Trinajstić information content (AvgIpc) is 2.27. The van der Waals surface area contributed by atoms with Crippen LogP contribution in [0.3, 0.4) is 0 Å². The molecule has 70 valence electrons. The Labute approximate surface area is 79.3 Å². The molecule has 1 unspecified atom stereocenters. The molecule has 1 fully saturated rings. The number of ketones is 1. The topological polar surface area (TPSA) is 17.1 Å². The first-order chi connectivity index (χ1) is 5.84. The van der Waals surface area contributed by atoms with Crippen molar-refractivity contribution >= 4 is 17.5 Å². The highest BCUT2D eigenvalue weighted by Crippen LogP contribution is 2.23. The van der Waals surface area contributed by atoms with E-state index in [9.17, 15) is 4.79 Å². The van der Waals surface area contributed by atoms with Gasteiger partial charge in [-0.15, -0.1) is 0 Å². The Kier molecular flexibility index (Phi) is 4.74. The summed E-state index contributed by atoms with van der Waals surface area (Å²) in [6, 6.07) is 0. The van der Waals surface area contributed by atoms with E-state index in [1.807, 2.05) is 11.8 Å². The predicted octanol–water partition coefficient (Wildman–Crippen LogP) is 2.89. The van der Waals surface area contributed by atoms with Gasteiger partial charge in [0, 0.05) is 12.3 Å². The summed E-state index contributed by atoms with van der Waals surface area (Å²) in [4.78, 5) is 11.5. The van der Waals surface area contributed by atoms with Gasteiger partial charge in [-0.25, -0.2) is 0 Å². The average molecular weight is 186 g/mol. The molecule has 0 bridgehead atoms. The minimum atomic E-state index is 0.403. The molecule has 0 spiro atoms. The number of carbonyl (C=O) groups excluding carboxylic acids is 1. The fourth-order valence-corrected chi connectivity index (χ4v) is 2.32. The third kappa shape index (κ3) is 3.18. The van der Waals surface area contributed by atoms with Gasteiger partial charge in [0.05, 0.1) is 0 Å². The quantitative estimate of drug-likeness (QED) is 0.630. The van der Waals surface area contributed by atoms with E-state index in [1.165, 1.54) is 12.8 Å².